The zero-order valence-electron chi connectivity index (χ0n) is 14.6. The highest BCUT2D eigenvalue weighted by atomic mass is 16.2. The minimum atomic E-state index is -0.322. The third-order valence-electron chi connectivity index (χ3n) is 4.61. The number of carbonyl (C=O) groups excluding carboxylic acids is 1. The van der Waals surface area contributed by atoms with Crippen molar-refractivity contribution in [2.75, 3.05) is 5.32 Å². The normalized spacial score (nSPS) is 15.9. The summed E-state index contributed by atoms with van der Waals surface area (Å²) in [5.74, 6) is 0.507. The van der Waals surface area contributed by atoms with Gasteiger partial charge in [0.1, 0.15) is 0 Å². The van der Waals surface area contributed by atoms with Gasteiger partial charge in [-0.15, -0.1) is 0 Å². The molecular weight excluding hydrogens is 310 g/mol. The molecule has 0 aliphatic heterocycles. The molecule has 4 heteroatoms. The molecule has 2 N–H and O–H groups in total. The minimum absolute atomic E-state index is 0.0900. The van der Waals surface area contributed by atoms with Gasteiger partial charge in [0.25, 0.3) is 0 Å². The van der Waals surface area contributed by atoms with E-state index in [4.69, 9.17) is 5.26 Å². The average molecular weight is 333 g/mol. The maximum Gasteiger partial charge on any atom is 0.241 e. The smallest absolute Gasteiger partial charge is 0.241 e. The van der Waals surface area contributed by atoms with Crippen LogP contribution in [0.4, 0.5) is 5.69 Å². The largest absolute Gasteiger partial charge is 0.325 e. The number of rotatable bonds is 6. The van der Waals surface area contributed by atoms with Crippen LogP contribution in [0, 0.1) is 24.2 Å². The first-order valence-corrected chi connectivity index (χ1v) is 8.70. The number of benzene rings is 2. The monoisotopic (exact) mass is 333 g/mol. The highest BCUT2D eigenvalue weighted by Gasteiger charge is 2.34. The molecule has 2 aromatic carbocycles. The zero-order valence-corrected chi connectivity index (χ0v) is 14.6. The summed E-state index contributed by atoms with van der Waals surface area (Å²) >= 11 is 0. The van der Waals surface area contributed by atoms with E-state index in [-0.39, 0.29) is 18.0 Å². The first-order valence-electron chi connectivity index (χ1n) is 8.70. The van der Waals surface area contributed by atoms with Crippen LogP contribution >= 0.6 is 0 Å². The molecule has 128 valence electrons. The standard InChI is InChI=1S/C21H23N3O/c1-14-6-8-17(9-7-14)20(18-10-11-18)23-15(2)21(25)24-19-5-3-4-16(12-19)13-22/h3-9,12,15,18,20,23H,10-11H2,1-2H3,(H,24,25). The number of aryl methyl sites for hydroxylation is 1. The van der Waals surface area contributed by atoms with E-state index >= 15 is 0 Å². The van der Waals surface area contributed by atoms with Gasteiger partial charge in [-0.2, -0.15) is 5.26 Å². The van der Waals surface area contributed by atoms with E-state index in [0.717, 1.165) is 0 Å². The molecule has 2 atom stereocenters. The lowest BCUT2D eigenvalue weighted by Crippen LogP contribution is -2.40. The van der Waals surface area contributed by atoms with Crippen LogP contribution in [0.5, 0.6) is 0 Å². The Labute approximate surface area is 148 Å². The molecule has 1 saturated carbocycles. The van der Waals surface area contributed by atoms with E-state index in [1.165, 1.54) is 24.0 Å². The van der Waals surface area contributed by atoms with Crippen molar-refractivity contribution >= 4 is 11.6 Å². The number of anilines is 1. The van der Waals surface area contributed by atoms with Crippen molar-refractivity contribution in [1.82, 2.24) is 5.32 Å². The molecule has 1 amide bonds. The molecule has 3 rings (SSSR count). The first-order chi connectivity index (χ1) is 12.1. The molecular formula is C21H23N3O. The van der Waals surface area contributed by atoms with E-state index < -0.39 is 0 Å². The number of amides is 1. The molecule has 0 radical (unpaired) electrons. The zero-order chi connectivity index (χ0) is 17.8. The van der Waals surface area contributed by atoms with Gasteiger partial charge in [0.2, 0.25) is 5.91 Å². The fraction of sp³-hybridized carbons (Fsp3) is 0.333. The summed E-state index contributed by atoms with van der Waals surface area (Å²) in [4.78, 5) is 12.5. The van der Waals surface area contributed by atoms with Gasteiger partial charge in [-0.3, -0.25) is 10.1 Å². The van der Waals surface area contributed by atoms with Crippen LogP contribution in [-0.4, -0.2) is 11.9 Å². The molecule has 25 heavy (non-hydrogen) atoms. The maximum absolute atomic E-state index is 12.5. The van der Waals surface area contributed by atoms with Crippen LogP contribution < -0.4 is 10.6 Å². The highest BCUT2D eigenvalue weighted by molar-refractivity contribution is 5.94. The Morgan fingerprint density at radius 2 is 1.92 bits per heavy atom. The van der Waals surface area contributed by atoms with Crippen LogP contribution in [0.3, 0.4) is 0 Å². The van der Waals surface area contributed by atoms with Crippen LogP contribution in [0.2, 0.25) is 0 Å². The Hall–Kier alpha value is -2.64. The number of hydrogen-bond acceptors (Lipinski definition) is 3. The topological polar surface area (TPSA) is 64.9 Å². The van der Waals surface area contributed by atoms with Gasteiger partial charge >= 0.3 is 0 Å². The van der Waals surface area contributed by atoms with Gasteiger partial charge in [0.15, 0.2) is 0 Å². The summed E-state index contributed by atoms with van der Waals surface area (Å²) in [6.07, 6.45) is 2.40. The van der Waals surface area contributed by atoms with Gasteiger partial charge in [-0.05, 0) is 56.4 Å². The number of nitriles is 1. The number of hydrogen-bond donors (Lipinski definition) is 2. The second-order valence-electron chi connectivity index (χ2n) is 6.80. The van der Waals surface area contributed by atoms with Crippen LogP contribution in [0.1, 0.15) is 42.5 Å². The molecule has 0 spiro atoms. The number of carbonyl (C=O) groups is 1. The second-order valence-corrected chi connectivity index (χ2v) is 6.80. The Kier molecular flexibility index (Phi) is 5.16. The van der Waals surface area contributed by atoms with Crippen molar-refractivity contribution in [3.63, 3.8) is 0 Å². The molecule has 1 aliphatic carbocycles. The first kappa shape index (κ1) is 17.2. The quantitative estimate of drug-likeness (QED) is 0.841. The van der Waals surface area contributed by atoms with Gasteiger partial charge < -0.3 is 5.32 Å². The van der Waals surface area contributed by atoms with E-state index in [1.807, 2.05) is 6.92 Å². The fourth-order valence-corrected chi connectivity index (χ4v) is 2.97. The highest BCUT2D eigenvalue weighted by Crippen LogP contribution is 2.41. The lowest BCUT2D eigenvalue weighted by atomic mass is 10.00. The Morgan fingerprint density at radius 1 is 1.20 bits per heavy atom. The summed E-state index contributed by atoms with van der Waals surface area (Å²) in [6, 6.07) is 17.5. The summed E-state index contributed by atoms with van der Waals surface area (Å²) in [7, 11) is 0. The summed E-state index contributed by atoms with van der Waals surface area (Å²) in [6.45, 7) is 3.96. The molecule has 0 saturated heterocycles. The summed E-state index contributed by atoms with van der Waals surface area (Å²) in [5, 5.41) is 15.3. The van der Waals surface area contributed by atoms with E-state index in [0.29, 0.717) is 17.2 Å². The van der Waals surface area contributed by atoms with Crippen molar-refractivity contribution in [2.45, 2.75) is 38.8 Å². The summed E-state index contributed by atoms with van der Waals surface area (Å²) < 4.78 is 0. The maximum atomic E-state index is 12.5. The van der Waals surface area contributed by atoms with Gasteiger partial charge in [-0.1, -0.05) is 35.9 Å². The Balaban J connectivity index is 1.66. The molecule has 0 aromatic heterocycles. The van der Waals surface area contributed by atoms with Gasteiger partial charge in [0, 0.05) is 11.7 Å². The minimum Gasteiger partial charge on any atom is -0.325 e. The van der Waals surface area contributed by atoms with E-state index in [9.17, 15) is 4.79 Å². The fourth-order valence-electron chi connectivity index (χ4n) is 2.97. The molecule has 2 aromatic rings. The van der Waals surface area contributed by atoms with Crippen molar-refractivity contribution in [1.29, 1.82) is 5.26 Å². The number of nitrogens with zero attached hydrogens (tertiary/aromatic N) is 1. The average Bonchev–Trinajstić information content (AvgIpc) is 3.45. The predicted molar refractivity (Wildman–Crippen MR) is 99.0 cm³/mol. The van der Waals surface area contributed by atoms with E-state index in [2.05, 4.69) is 47.9 Å². The lowest BCUT2D eigenvalue weighted by molar-refractivity contribution is -0.118. The molecule has 2 unspecified atom stereocenters. The molecule has 0 bridgehead atoms. The van der Waals surface area contributed by atoms with Gasteiger partial charge in [0.05, 0.1) is 17.7 Å². The Bertz CT molecular complexity index is 788. The lowest BCUT2D eigenvalue weighted by Gasteiger charge is -2.23. The Morgan fingerprint density at radius 3 is 2.56 bits per heavy atom. The van der Waals surface area contributed by atoms with Crippen molar-refractivity contribution < 1.29 is 4.79 Å². The summed E-state index contributed by atoms with van der Waals surface area (Å²) in [5.41, 5.74) is 3.66. The third kappa shape index (κ3) is 4.46. The second kappa shape index (κ2) is 7.50. The van der Waals surface area contributed by atoms with Crippen molar-refractivity contribution in [3.05, 3.63) is 65.2 Å². The molecule has 1 aliphatic rings. The van der Waals surface area contributed by atoms with E-state index in [1.54, 1.807) is 24.3 Å². The van der Waals surface area contributed by atoms with Crippen LogP contribution in [0.15, 0.2) is 48.5 Å². The predicted octanol–water partition coefficient (Wildman–Crippen LogP) is 3.93. The SMILES string of the molecule is Cc1ccc(C(NC(C)C(=O)Nc2cccc(C#N)c2)C2CC2)cc1. The van der Waals surface area contributed by atoms with Crippen LogP contribution in [0.25, 0.3) is 0 Å². The third-order valence-corrected chi connectivity index (χ3v) is 4.61. The van der Waals surface area contributed by atoms with Crippen LogP contribution in [-0.2, 0) is 4.79 Å². The molecule has 4 nitrogen and oxygen atoms in total. The molecule has 1 fully saturated rings. The molecule has 0 heterocycles. The van der Waals surface area contributed by atoms with Gasteiger partial charge in [-0.25, -0.2) is 0 Å². The van der Waals surface area contributed by atoms with Crippen molar-refractivity contribution in [2.24, 2.45) is 5.92 Å². The van der Waals surface area contributed by atoms with Crippen molar-refractivity contribution in [3.8, 4) is 6.07 Å². The number of nitrogens with one attached hydrogen (secondary N) is 2.